The van der Waals surface area contributed by atoms with Gasteiger partial charge >= 0.3 is 0 Å². The van der Waals surface area contributed by atoms with E-state index in [9.17, 15) is 14.0 Å². The zero-order chi connectivity index (χ0) is 18.4. The molecular formula is C19H20ClFN2O2. The Bertz CT molecular complexity index is 747. The molecular weight excluding hydrogens is 343 g/mol. The largest absolute Gasteiger partial charge is 0.350 e. The lowest BCUT2D eigenvalue weighted by atomic mass is 10.0. The minimum Gasteiger partial charge on any atom is -0.350 e. The number of halogens is 2. The number of amides is 2. The summed E-state index contributed by atoms with van der Waals surface area (Å²) in [6.07, 6.45) is 0. The lowest BCUT2D eigenvalue weighted by Crippen LogP contribution is -2.49. The fourth-order valence-corrected chi connectivity index (χ4v) is 2.52. The van der Waals surface area contributed by atoms with E-state index in [0.29, 0.717) is 17.1 Å². The quantitative estimate of drug-likeness (QED) is 0.825. The summed E-state index contributed by atoms with van der Waals surface area (Å²) in [4.78, 5) is 24.7. The SMILES string of the molecule is CC(C)[C@H](NC(=O)c1ccc(F)cc1)C(=O)NCc1cccc(Cl)c1. The Morgan fingerprint density at radius 2 is 1.80 bits per heavy atom. The second-order valence-corrected chi connectivity index (χ2v) is 6.49. The molecule has 0 heterocycles. The average molecular weight is 363 g/mol. The lowest BCUT2D eigenvalue weighted by molar-refractivity contribution is -0.124. The number of carbonyl (C=O) groups is 2. The highest BCUT2D eigenvalue weighted by Gasteiger charge is 2.24. The molecule has 2 N–H and O–H groups in total. The van der Waals surface area contributed by atoms with Crippen molar-refractivity contribution in [2.45, 2.75) is 26.4 Å². The molecule has 0 aliphatic carbocycles. The van der Waals surface area contributed by atoms with E-state index in [1.54, 1.807) is 18.2 Å². The summed E-state index contributed by atoms with van der Waals surface area (Å²) in [7, 11) is 0. The van der Waals surface area contributed by atoms with E-state index in [2.05, 4.69) is 10.6 Å². The van der Waals surface area contributed by atoms with Crippen LogP contribution in [0.1, 0.15) is 29.8 Å². The van der Waals surface area contributed by atoms with Gasteiger partial charge < -0.3 is 10.6 Å². The highest BCUT2D eigenvalue weighted by molar-refractivity contribution is 6.30. The summed E-state index contributed by atoms with van der Waals surface area (Å²) in [5.41, 5.74) is 1.17. The van der Waals surface area contributed by atoms with Gasteiger partial charge in [-0.15, -0.1) is 0 Å². The smallest absolute Gasteiger partial charge is 0.251 e. The second kappa shape index (κ2) is 8.62. The first-order valence-corrected chi connectivity index (χ1v) is 8.33. The van der Waals surface area contributed by atoms with Crippen LogP contribution in [-0.2, 0) is 11.3 Å². The van der Waals surface area contributed by atoms with Crippen LogP contribution in [0.4, 0.5) is 4.39 Å². The fraction of sp³-hybridized carbons (Fsp3) is 0.263. The van der Waals surface area contributed by atoms with E-state index < -0.39 is 17.8 Å². The predicted molar refractivity (Wildman–Crippen MR) is 95.8 cm³/mol. The standard InChI is InChI=1S/C19H20ClFN2O2/c1-12(2)17(23-18(24)14-6-8-16(21)9-7-14)19(25)22-11-13-4-3-5-15(20)10-13/h3-10,12,17H,11H2,1-2H3,(H,22,25)(H,23,24)/t17-/m0/s1. The Morgan fingerprint density at radius 3 is 2.40 bits per heavy atom. The topological polar surface area (TPSA) is 58.2 Å². The maximum atomic E-state index is 13.0. The molecule has 0 spiro atoms. The van der Waals surface area contributed by atoms with Crippen LogP contribution in [-0.4, -0.2) is 17.9 Å². The van der Waals surface area contributed by atoms with Crippen molar-refractivity contribution in [1.82, 2.24) is 10.6 Å². The molecule has 132 valence electrons. The van der Waals surface area contributed by atoms with Crippen LogP contribution in [0.3, 0.4) is 0 Å². The molecule has 1 atom stereocenters. The summed E-state index contributed by atoms with van der Waals surface area (Å²) in [6, 6.07) is 11.7. The maximum Gasteiger partial charge on any atom is 0.251 e. The third-order valence-electron chi connectivity index (χ3n) is 3.70. The minimum atomic E-state index is -0.697. The monoisotopic (exact) mass is 362 g/mol. The molecule has 0 bridgehead atoms. The van der Waals surface area contributed by atoms with Gasteiger partial charge in [0.05, 0.1) is 0 Å². The molecule has 2 amide bonds. The van der Waals surface area contributed by atoms with Gasteiger partial charge in [-0.25, -0.2) is 4.39 Å². The number of carbonyl (C=O) groups excluding carboxylic acids is 2. The highest BCUT2D eigenvalue weighted by Crippen LogP contribution is 2.11. The van der Waals surface area contributed by atoms with E-state index in [4.69, 9.17) is 11.6 Å². The molecule has 0 aliphatic rings. The van der Waals surface area contributed by atoms with E-state index >= 15 is 0 Å². The number of rotatable bonds is 6. The van der Waals surface area contributed by atoms with Gasteiger partial charge in [-0.2, -0.15) is 0 Å². The molecule has 2 aromatic carbocycles. The fourth-order valence-electron chi connectivity index (χ4n) is 2.31. The van der Waals surface area contributed by atoms with Crippen LogP contribution >= 0.6 is 11.6 Å². The lowest BCUT2D eigenvalue weighted by Gasteiger charge is -2.22. The molecule has 0 aromatic heterocycles. The third kappa shape index (κ3) is 5.57. The van der Waals surface area contributed by atoms with Crippen LogP contribution < -0.4 is 10.6 Å². The molecule has 0 fully saturated rings. The summed E-state index contributed by atoms with van der Waals surface area (Å²) >= 11 is 5.92. The van der Waals surface area contributed by atoms with Crippen molar-refractivity contribution in [3.8, 4) is 0 Å². The maximum absolute atomic E-state index is 13.0. The van der Waals surface area contributed by atoms with Crippen molar-refractivity contribution in [2.24, 2.45) is 5.92 Å². The van der Waals surface area contributed by atoms with Crippen LogP contribution in [0, 0.1) is 11.7 Å². The molecule has 0 radical (unpaired) electrons. The third-order valence-corrected chi connectivity index (χ3v) is 3.93. The Labute approximate surface area is 151 Å². The molecule has 0 saturated carbocycles. The summed E-state index contributed by atoms with van der Waals surface area (Å²) in [6.45, 7) is 4.00. The summed E-state index contributed by atoms with van der Waals surface area (Å²) in [5, 5.41) is 6.10. The van der Waals surface area contributed by atoms with E-state index in [1.807, 2.05) is 19.9 Å². The number of hydrogen-bond donors (Lipinski definition) is 2. The van der Waals surface area contributed by atoms with Gasteiger partial charge in [0, 0.05) is 17.1 Å². The Kier molecular flexibility index (Phi) is 6.53. The van der Waals surface area contributed by atoms with Crippen LogP contribution in [0.25, 0.3) is 0 Å². The zero-order valence-electron chi connectivity index (χ0n) is 14.1. The molecule has 2 rings (SSSR count). The number of benzene rings is 2. The van der Waals surface area contributed by atoms with Gasteiger partial charge in [-0.3, -0.25) is 9.59 Å². The molecule has 2 aromatic rings. The van der Waals surface area contributed by atoms with Crippen molar-refractivity contribution in [2.75, 3.05) is 0 Å². The molecule has 0 saturated heterocycles. The van der Waals surface area contributed by atoms with Gasteiger partial charge in [0.1, 0.15) is 11.9 Å². The van der Waals surface area contributed by atoms with Gasteiger partial charge in [-0.1, -0.05) is 37.6 Å². The van der Waals surface area contributed by atoms with Crippen molar-refractivity contribution in [3.63, 3.8) is 0 Å². The van der Waals surface area contributed by atoms with Crippen molar-refractivity contribution < 1.29 is 14.0 Å². The van der Waals surface area contributed by atoms with E-state index in [1.165, 1.54) is 24.3 Å². The number of nitrogens with one attached hydrogen (secondary N) is 2. The minimum absolute atomic E-state index is 0.108. The predicted octanol–water partition coefficient (Wildman–Crippen LogP) is 3.55. The van der Waals surface area contributed by atoms with Crippen molar-refractivity contribution in [3.05, 3.63) is 70.5 Å². The molecule has 0 unspecified atom stereocenters. The van der Waals surface area contributed by atoms with Crippen molar-refractivity contribution in [1.29, 1.82) is 0 Å². The first kappa shape index (κ1) is 18.9. The Hall–Kier alpha value is -2.40. The van der Waals surface area contributed by atoms with E-state index in [-0.39, 0.29) is 11.8 Å². The second-order valence-electron chi connectivity index (χ2n) is 6.05. The van der Waals surface area contributed by atoms with Gasteiger partial charge in [0.2, 0.25) is 5.91 Å². The van der Waals surface area contributed by atoms with Crippen LogP contribution in [0.15, 0.2) is 48.5 Å². The summed E-state index contributed by atoms with van der Waals surface area (Å²) in [5.74, 6) is -1.23. The molecule has 4 nitrogen and oxygen atoms in total. The van der Waals surface area contributed by atoms with Crippen molar-refractivity contribution >= 4 is 23.4 Å². The molecule has 6 heteroatoms. The normalized spacial score (nSPS) is 11.9. The van der Waals surface area contributed by atoms with Gasteiger partial charge in [-0.05, 0) is 47.9 Å². The van der Waals surface area contributed by atoms with E-state index in [0.717, 1.165) is 5.56 Å². The first-order chi connectivity index (χ1) is 11.9. The number of hydrogen-bond acceptors (Lipinski definition) is 2. The average Bonchev–Trinajstić information content (AvgIpc) is 2.57. The van der Waals surface area contributed by atoms with Crippen LogP contribution in [0.2, 0.25) is 5.02 Å². The Balaban J connectivity index is 2.00. The van der Waals surface area contributed by atoms with Crippen LogP contribution in [0.5, 0.6) is 0 Å². The van der Waals surface area contributed by atoms with Gasteiger partial charge in [0.15, 0.2) is 0 Å². The highest BCUT2D eigenvalue weighted by atomic mass is 35.5. The van der Waals surface area contributed by atoms with Gasteiger partial charge in [0.25, 0.3) is 5.91 Å². The zero-order valence-corrected chi connectivity index (χ0v) is 14.8. The first-order valence-electron chi connectivity index (χ1n) is 7.95. The summed E-state index contributed by atoms with van der Waals surface area (Å²) < 4.78 is 13.0. The molecule has 25 heavy (non-hydrogen) atoms. The molecule has 0 aliphatic heterocycles. The Morgan fingerprint density at radius 1 is 1.12 bits per heavy atom.